The predicted octanol–water partition coefficient (Wildman–Crippen LogP) is 0.307. The van der Waals surface area contributed by atoms with E-state index in [2.05, 4.69) is 0 Å². The van der Waals surface area contributed by atoms with E-state index < -0.39 is 34.0 Å². The Morgan fingerprint density at radius 3 is 2.60 bits per heavy atom. The summed E-state index contributed by atoms with van der Waals surface area (Å²) in [5.41, 5.74) is 0.358. The van der Waals surface area contributed by atoms with Gasteiger partial charge in [0, 0.05) is 6.92 Å². The van der Waals surface area contributed by atoms with Crippen LogP contribution in [0.1, 0.15) is 17.3 Å². The highest BCUT2D eigenvalue weighted by Crippen LogP contribution is 2.16. The van der Waals surface area contributed by atoms with Gasteiger partial charge in [0.2, 0.25) is 11.8 Å². The SMILES string of the molecule is CC(=O)N1C(=O)CS(=O)C1COC(=O)c1ccccc1. The zero-order chi connectivity index (χ0) is 14.7. The quantitative estimate of drug-likeness (QED) is 0.750. The number of rotatable bonds is 3. The zero-order valence-corrected chi connectivity index (χ0v) is 11.6. The second kappa shape index (κ2) is 5.96. The first-order valence-corrected chi connectivity index (χ1v) is 7.31. The van der Waals surface area contributed by atoms with Gasteiger partial charge in [-0.15, -0.1) is 0 Å². The van der Waals surface area contributed by atoms with Crippen molar-refractivity contribution in [1.29, 1.82) is 0 Å². The summed E-state index contributed by atoms with van der Waals surface area (Å²) in [4.78, 5) is 35.5. The average Bonchev–Trinajstić information content (AvgIpc) is 2.71. The van der Waals surface area contributed by atoms with Gasteiger partial charge in [0.15, 0.2) is 0 Å². The zero-order valence-electron chi connectivity index (χ0n) is 10.8. The molecule has 1 heterocycles. The first kappa shape index (κ1) is 14.4. The molecule has 1 aromatic rings. The average molecular weight is 295 g/mol. The van der Waals surface area contributed by atoms with Crippen LogP contribution in [0.25, 0.3) is 0 Å². The molecule has 1 fully saturated rings. The number of carbonyl (C=O) groups excluding carboxylic acids is 3. The van der Waals surface area contributed by atoms with E-state index in [1.165, 1.54) is 6.92 Å². The molecule has 0 aromatic heterocycles. The van der Waals surface area contributed by atoms with Crippen molar-refractivity contribution in [3.05, 3.63) is 35.9 Å². The molecular formula is C13H13NO5S. The number of carbonyl (C=O) groups is 3. The fourth-order valence-corrected chi connectivity index (χ4v) is 3.19. The summed E-state index contributed by atoms with van der Waals surface area (Å²) < 4.78 is 16.8. The number of esters is 1. The maximum absolute atomic E-state index is 11.8. The maximum Gasteiger partial charge on any atom is 0.338 e. The van der Waals surface area contributed by atoms with E-state index in [1.54, 1.807) is 30.3 Å². The third-order valence-corrected chi connectivity index (χ3v) is 4.32. The molecule has 0 saturated carbocycles. The van der Waals surface area contributed by atoms with Gasteiger partial charge in [-0.3, -0.25) is 18.7 Å². The Hall–Kier alpha value is -2.02. The molecule has 2 unspecified atom stereocenters. The molecule has 7 heteroatoms. The topological polar surface area (TPSA) is 80.8 Å². The predicted molar refractivity (Wildman–Crippen MR) is 71.0 cm³/mol. The summed E-state index contributed by atoms with van der Waals surface area (Å²) in [5, 5.41) is -0.896. The van der Waals surface area contributed by atoms with Gasteiger partial charge in [-0.25, -0.2) is 4.79 Å². The van der Waals surface area contributed by atoms with Crippen LogP contribution in [0.15, 0.2) is 30.3 Å². The summed E-state index contributed by atoms with van der Waals surface area (Å²) in [6.07, 6.45) is 0. The Balaban J connectivity index is 2.03. The first-order chi connectivity index (χ1) is 9.50. The number of nitrogens with zero attached hydrogens (tertiary/aromatic N) is 1. The van der Waals surface area contributed by atoms with Gasteiger partial charge in [0.25, 0.3) is 0 Å². The van der Waals surface area contributed by atoms with Crippen LogP contribution in [0.5, 0.6) is 0 Å². The van der Waals surface area contributed by atoms with E-state index in [0.29, 0.717) is 5.56 Å². The molecule has 1 aromatic carbocycles. The highest BCUT2D eigenvalue weighted by Gasteiger charge is 2.40. The number of hydrogen-bond acceptors (Lipinski definition) is 5. The van der Waals surface area contributed by atoms with Gasteiger partial charge in [0.1, 0.15) is 17.7 Å². The van der Waals surface area contributed by atoms with Crippen LogP contribution in [0.4, 0.5) is 0 Å². The van der Waals surface area contributed by atoms with Gasteiger partial charge < -0.3 is 4.74 Å². The first-order valence-electron chi connectivity index (χ1n) is 5.92. The van der Waals surface area contributed by atoms with Crippen molar-refractivity contribution in [3.8, 4) is 0 Å². The van der Waals surface area contributed by atoms with Crippen molar-refractivity contribution in [3.63, 3.8) is 0 Å². The Morgan fingerprint density at radius 2 is 2.00 bits per heavy atom. The molecule has 0 spiro atoms. The highest BCUT2D eigenvalue weighted by atomic mass is 32.2. The van der Waals surface area contributed by atoms with Crippen molar-refractivity contribution < 1.29 is 23.3 Å². The molecule has 2 atom stereocenters. The summed E-state index contributed by atoms with van der Waals surface area (Å²) in [5.74, 6) is -1.80. The summed E-state index contributed by atoms with van der Waals surface area (Å²) >= 11 is 0. The molecule has 2 rings (SSSR count). The van der Waals surface area contributed by atoms with E-state index in [1.807, 2.05) is 0 Å². The lowest BCUT2D eigenvalue weighted by Gasteiger charge is -2.19. The van der Waals surface area contributed by atoms with Gasteiger partial charge in [-0.2, -0.15) is 0 Å². The highest BCUT2D eigenvalue weighted by molar-refractivity contribution is 7.86. The Labute approximate surface area is 118 Å². The lowest BCUT2D eigenvalue weighted by Crippen LogP contribution is -2.41. The number of hydrogen-bond donors (Lipinski definition) is 0. The summed E-state index contributed by atoms with van der Waals surface area (Å²) in [6, 6.07) is 8.31. The van der Waals surface area contributed by atoms with Crippen LogP contribution in [-0.4, -0.2) is 44.6 Å². The number of imide groups is 1. The van der Waals surface area contributed by atoms with Crippen LogP contribution in [-0.2, 0) is 25.1 Å². The van der Waals surface area contributed by atoms with Crippen LogP contribution in [0, 0.1) is 0 Å². The minimum Gasteiger partial charge on any atom is -0.459 e. The lowest BCUT2D eigenvalue weighted by atomic mass is 10.2. The minimum atomic E-state index is -1.54. The molecule has 0 N–H and O–H groups in total. The largest absolute Gasteiger partial charge is 0.459 e. The Morgan fingerprint density at radius 1 is 1.35 bits per heavy atom. The monoisotopic (exact) mass is 295 g/mol. The molecule has 0 radical (unpaired) electrons. The van der Waals surface area contributed by atoms with Gasteiger partial charge in [0.05, 0.1) is 16.4 Å². The molecule has 1 saturated heterocycles. The number of benzene rings is 1. The summed E-state index contributed by atoms with van der Waals surface area (Å²) in [6.45, 7) is 0.956. The molecule has 0 bridgehead atoms. The fourth-order valence-electron chi connectivity index (χ4n) is 1.90. The second-order valence-electron chi connectivity index (χ2n) is 4.23. The lowest BCUT2D eigenvalue weighted by molar-refractivity contribution is -0.142. The van der Waals surface area contributed by atoms with Crippen molar-refractivity contribution in [1.82, 2.24) is 4.90 Å². The van der Waals surface area contributed by atoms with E-state index >= 15 is 0 Å². The standard InChI is InChI=1S/C13H13NO5S/c1-9(15)14-11(16)8-20(18)12(14)7-19-13(17)10-5-3-2-4-6-10/h2-6,12H,7-8H2,1H3. The molecule has 2 amide bonds. The van der Waals surface area contributed by atoms with Crippen molar-refractivity contribution in [2.75, 3.05) is 12.4 Å². The van der Waals surface area contributed by atoms with E-state index in [4.69, 9.17) is 4.74 Å². The third kappa shape index (κ3) is 2.93. The van der Waals surface area contributed by atoms with Crippen molar-refractivity contribution >= 4 is 28.6 Å². The van der Waals surface area contributed by atoms with Crippen LogP contribution < -0.4 is 0 Å². The smallest absolute Gasteiger partial charge is 0.338 e. The molecule has 20 heavy (non-hydrogen) atoms. The number of amides is 2. The third-order valence-electron chi connectivity index (χ3n) is 2.83. The van der Waals surface area contributed by atoms with Gasteiger partial charge in [-0.1, -0.05) is 18.2 Å². The van der Waals surface area contributed by atoms with Gasteiger partial charge in [-0.05, 0) is 12.1 Å². The van der Waals surface area contributed by atoms with E-state index in [-0.39, 0.29) is 12.4 Å². The maximum atomic E-state index is 11.8. The molecule has 1 aliphatic rings. The molecule has 6 nitrogen and oxygen atoms in total. The van der Waals surface area contributed by atoms with Crippen molar-refractivity contribution in [2.45, 2.75) is 12.3 Å². The molecule has 0 aliphatic carbocycles. The van der Waals surface area contributed by atoms with Crippen LogP contribution in [0.2, 0.25) is 0 Å². The molecule has 106 valence electrons. The second-order valence-corrected chi connectivity index (χ2v) is 5.82. The molecule has 1 aliphatic heterocycles. The Kier molecular flexibility index (Phi) is 4.29. The van der Waals surface area contributed by atoms with E-state index in [9.17, 15) is 18.6 Å². The molecular weight excluding hydrogens is 282 g/mol. The Bertz CT molecular complexity index is 571. The van der Waals surface area contributed by atoms with Gasteiger partial charge >= 0.3 is 5.97 Å². The van der Waals surface area contributed by atoms with Crippen LogP contribution in [0.3, 0.4) is 0 Å². The van der Waals surface area contributed by atoms with Crippen molar-refractivity contribution in [2.24, 2.45) is 0 Å². The van der Waals surface area contributed by atoms with Crippen LogP contribution >= 0.6 is 0 Å². The summed E-state index contributed by atoms with van der Waals surface area (Å²) in [7, 11) is -1.54. The number of ether oxygens (including phenoxy) is 1. The normalized spacial score (nSPS) is 21.9. The fraction of sp³-hybridized carbons (Fsp3) is 0.308. The minimum absolute atomic E-state index is 0.215. The van der Waals surface area contributed by atoms with E-state index in [0.717, 1.165) is 4.90 Å².